The van der Waals surface area contributed by atoms with Gasteiger partial charge in [0, 0.05) is 5.33 Å². The maximum absolute atomic E-state index is 10.9. The standard InChI is InChI=1S/C9H15BrO4/c1-7(9(11)12-3)6-14-8(2)13-5-4-10/h8H,1,4-6H2,2-3H3. The van der Waals surface area contributed by atoms with Gasteiger partial charge in [0.2, 0.25) is 0 Å². The van der Waals surface area contributed by atoms with E-state index < -0.39 is 5.97 Å². The molecule has 0 aromatic heterocycles. The Kier molecular flexibility index (Phi) is 7.74. The molecule has 0 aliphatic carbocycles. The van der Waals surface area contributed by atoms with Crippen LogP contribution in [0.4, 0.5) is 0 Å². The van der Waals surface area contributed by atoms with Crippen LogP contribution in [-0.2, 0) is 19.0 Å². The highest BCUT2D eigenvalue weighted by Gasteiger charge is 2.09. The Morgan fingerprint density at radius 3 is 2.64 bits per heavy atom. The van der Waals surface area contributed by atoms with Crippen molar-refractivity contribution in [3.05, 3.63) is 12.2 Å². The smallest absolute Gasteiger partial charge is 0.335 e. The maximum Gasteiger partial charge on any atom is 0.335 e. The summed E-state index contributed by atoms with van der Waals surface area (Å²) in [6.45, 7) is 5.95. The van der Waals surface area contributed by atoms with E-state index in [-0.39, 0.29) is 18.5 Å². The fourth-order valence-electron chi connectivity index (χ4n) is 0.680. The predicted octanol–water partition coefficient (Wildman–Crippen LogP) is 1.49. The van der Waals surface area contributed by atoms with E-state index in [9.17, 15) is 4.79 Å². The molecule has 14 heavy (non-hydrogen) atoms. The fourth-order valence-corrected chi connectivity index (χ4v) is 0.867. The second-order valence-electron chi connectivity index (χ2n) is 2.53. The van der Waals surface area contributed by atoms with Gasteiger partial charge in [-0.2, -0.15) is 0 Å². The van der Waals surface area contributed by atoms with Crippen molar-refractivity contribution in [2.24, 2.45) is 0 Å². The first kappa shape index (κ1) is 13.6. The molecule has 0 heterocycles. The Labute approximate surface area is 92.3 Å². The summed E-state index contributed by atoms with van der Waals surface area (Å²) in [5.41, 5.74) is 0.279. The molecule has 0 aromatic carbocycles. The number of methoxy groups -OCH3 is 1. The highest BCUT2D eigenvalue weighted by atomic mass is 79.9. The highest BCUT2D eigenvalue weighted by Crippen LogP contribution is 2.00. The van der Waals surface area contributed by atoms with E-state index in [1.54, 1.807) is 6.92 Å². The van der Waals surface area contributed by atoms with Crippen molar-refractivity contribution in [3.8, 4) is 0 Å². The van der Waals surface area contributed by atoms with Crippen molar-refractivity contribution >= 4 is 21.9 Å². The zero-order valence-electron chi connectivity index (χ0n) is 8.42. The Morgan fingerprint density at radius 2 is 2.14 bits per heavy atom. The van der Waals surface area contributed by atoms with Crippen LogP contribution in [-0.4, -0.2) is 37.9 Å². The first-order valence-corrected chi connectivity index (χ1v) is 5.29. The van der Waals surface area contributed by atoms with Crippen LogP contribution < -0.4 is 0 Å². The molecule has 82 valence electrons. The Bertz CT molecular complexity index is 193. The Morgan fingerprint density at radius 1 is 1.50 bits per heavy atom. The van der Waals surface area contributed by atoms with Crippen molar-refractivity contribution in [1.82, 2.24) is 0 Å². The van der Waals surface area contributed by atoms with Crippen LogP contribution in [0.2, 0.25) is 0 Å². The number of carbonyl (C=O) groups excluding carboxylic acids is 1. The lowest BCUT2D eigenvalue weighted by Gasteiger charge is -2.13. The third-order valence-corrected chi connectivity index (χ3v) is 1.72. The van der Waals surface area contributed by atoms with Gasteiger partial charge in [0.05, 0.1) is 25.9 Å². The minimum atomic E-state index is -0.460. The predicted molar refractivity (Wildman–Crippen MR) is 56.3 cm³/mol. The van der Waals surface area contributed by atoms with E-state index in [1.165, 1.54) is 7.11 Å². The number of rotatable bonds is 7. The summed E-state index contributed by atoms with van der Waals surface area (Å²) in [6, 6.07) is 0. The zero-order valence-corrected chi connectivity index (χ0v) is 10.0. The van der Waals surface area contributed by atoms with Gasteiger partial charge in [-0.05, 0) is 6.92 Å². The molecule has 0 aliphatic heterocycles. The second-order valence-corrected chi connectivity index (χ2v) is 3.33. The number of ether oxygens (including phenoxy) is 3. The number of hydrogen-bond acceptors (Lipinski definition) is 4. The van der Waals surface area contributed by atoms with Crippen molar-refractivity contribution < 1.29 is 19.0 Å². The topological polar surface area (TPSA) is 44.8 Å². The summed E-state index contributed by atoms with van der Waals surface area (Å²) in [4.78, 5) is 10.9. The molecule has 0 rings (SSSR count). The second kappa shape index (κ2) is 7.96. The number of esters is 1. The van der Waals surface area contributed by atoms with Crippen LogP contribution in [0.3, 0.4) is 0 Å². The van der Waals surface area contributed by atoms with E-state index in [0.717, 1.165) is 5.33 Å². The molecular formula is C9H15BrO4. The van der Waals surface area contributed by atoms with Gasteiger partial charge in [0.25, 0.3) is 0 Å². The van der Waals surface area contributed by atoms with Crippen LogP contribution in [0.1, 0.15) is 6.92 Å². The molecule has 0 aromatic rings. The molecule has 0 spiro atoms. The summed E-state index contributed by atoms with van der Waals surface area (Å²) in [6.07, 6.45) is -0.353. The highest BCUT2D eigenvalue weighted by molar-refractivity contribution is 9.09. The SMILES string of the molecule is C=C(COC(C)OCCBr)C(=O)OC. The molecule has 5 heteroatoms. The van der Waals surface area contributed by atoms with Crippen molar-refractivity contribution in [3.63, 3.8) is 0 Å². The number of halogens is 1. The monoisotopic (exact) mass is 266 g/mol. The number of alkyl halides is 1. The quantitative estimate of drug-likeness (QED) is 0.303. The molecular weight excluding hydrogens is 252 g/mol. The molecule has 0 radical (unpaired) electrons. The van der Waals surface area contributed by atoms with Gasteiger partial charge in [-0.15, -0.1) is 0 Å². The lowest BCUT2D eigenvalue weighted by molar-refractivity contribution is -0.141. The van der Waals surface area contributed by atoms with Crippen molar-refractivity contribution in [1.29, 1.82) is 0 Å². The minimum Gasteiger partial charge on any atom is -0.466 e. The normalized spacial score (nSPS) is 12.2. The van der Waals surface area contributed by atoms with Gasteiger partial charge in [0.15, 0.2) is 6.29 Å². The van der Waals surface area contributed by atoms with Crippen LogP contribution >= 0.6 is 15.9 Å². The van der Waals surface area contributed by atoms with E-state index in [1.807, 2.05) is 0 Å². The molecule has 0 amide bonds. The van der Waals surface area contributed by atoms with Gasteiger partial charge in [-0.1, -0.05) is 22.5 Å². The van der Waals surface area contributed by atoms with Gasteiger partial charge >= 0.3 is 5.97 Å². The average molecular weight is 267 g/mol. The molecule has 0 saturated heterocycles. The van der Waals surface area contributed by atoms with Crippen LogP contribution in [0.5, 0.6) is 0 Å². The lowest BCUT2D eigenvalue weighted by Crippen LogP contribution is -2.18. The van der Waals surface area contributed by atoms with Gasteiger partial charge in [-0.3, -0.25) is 0 Å². The van der Waals surface area contributed by atoms with Crippen molar-refractivity contribution in [2.75, 3.05) is 25.7 Å². The molecule has 0 bridgehead atoms. The third-order valence-electron chi connectivity index (χ3n) is 1.40. The van der Waals surface area contributed by atoms with Gasteiger partial charge in [-0.25, -0.2) is 4.79 Å². The summed E-state index contributed by atoms with van der Waals surface area (Å²) in [7, 11) is 1.30. The van der Waals surface area contributed by atoms with Crippen LogP contribution in [0, 0.1) is 0 Å². The van der Waals surface area contributed by atoms with Gasteiger partial charge in [0.1, 0.15) is 0 Å². The fraction of sp³-hybridized carbons (Fsp3) is 0.667. The molecule has 0 N–H and O–H groups in total. The summed E-state index contributed by atoms with van der Waals surface area (Å²) < 4.78 is 14.8. The Balaban J connectivity index is 3.60. The van der Waals surface area contributed by atoms with Crippen molar-refractivity contribution in [2.45, 2.75) is 13.2 Å². The average Bonchev–Trinajstić information content (AvgIpc) is 2.21. The zero-order chi connectivity index (χ0) is 11.0. The molecule has 0 aliphatic rings. The van der Waals surface area contributed by atoms with E-state index >= 15 is 0 Å². The first-order valence-electron chi connectivity index (χ1n) is 4.17. The van der Waals surface area contributed by atoms with E-state index in [0.29, 0.717) is 6.61 Å². The molecule has 1 unspecified atom stereocenters. The summed E-state index contributed by atoms with van der Waals surface area (Å²) in [5, 5.41) is 0.749. The minimum absolute atomic E-state index is 0.121. The summed E-state index contributed by atoms with van der Waals surface area (Å²) in [5.74, 6) is -0.460. The molecule has 1 atom stereocenters. The van der Waals surface area contributed by atoms with E-state index in [4.69, 9.17) is 9.47 Å². The first-order chi connectivity index (χ1) is 6.61. The molecule has 0 saturated carbocycles. The largest absolute Gasteiger partial charge is 0.466 e. The lowest BCUT2D eigenvalue weighted by atomic mass is 10.3. The summed E-state index contributed by atoms with van der Waals surface area (Å²) >= 11 is 3.22. The van der Waals surface area contributed by atoms with Gasteiger partial charge < -0.3 is 14.2 Å². The Hall–Kier alpha value is -0.390. The molecule has 0 fully saturated rings. The third kappa shape index (κ3) is 6.12. The number of hydrogen-bond donors (Lipinski definition) is 0. The van der Waals surface area contributed by atoms with E-state index in [2.05, 4.69) is 27.2 Å². The van der Waals surface area contributed by atoms with Crippen LogP contribution in [0.15, 0.2) is 12.2 Å². The number of carbonyl (C=O) groups is 1. The van der Waals surface area contributed by atoms with Crippen LogP contribution in [0.25, 0.3) is 0 Å². The molecule has 4 nitrogen and oxygen atoms in total. The maximum atomic E-state index is 10.9.